The van der Waals surface area contributed by atoms with Crippen molar-refractivity contribution in [3.05, 3.63) is 59.7 Å². The van der Waals surface area contributed by atoms with E-state index in [1.54, 1.807) is 16.7 Å². The summed E-state index contributed by atoms with van der Waals surface area (Å²) < 4.78 is 0. The Balaban J connectivity index is 1.54. The van der Waals surface area contributed by atoms with E-state index in [1.165, 1.54) is 0 Å². The number of hydrogen-bond donors (Lipinski definition) is 1. The molecule has 5 nitrogen and oxygen atoms in total. The molecule has 0 saturated heterocycles. The molecule has 1 amide bonds. The molecule has 0 atom stereocenters. The van der Waals surface area contributed by atoms with Gasteiger partial charge >= 0.3 is 0 Å². The first-order valence-electron chi connectivity index (χ1n) is 7.70. The van der Waals surface area contributed by atoms with Crippen LogP contribution < -0.4 is 10.3 Å². The summed E-state index contributed by atoms with van der Waals surface area (Å²) in [5.74, 6) is 0.888. The molecule has 0 unspecified atom stereocenters. The zero-order chi connectivity index (χ0) is 16.5. The average Bonchev–Trinajstić information content (AvgIpc) is 2.90. The van der Waals surface area contributed by atoms with E-state index in [0.29, 0.717) is 6.42 Å². The first-order valence-corrected chi connectivity index (χ1v) is 8.68. The number of amides is 1. The molecule has 0 saturated carbocycles. The van der Waals surface area contributed by atoms with Gasteiger partial charge in [-0.25, -0.2) is 4.99 Å². The summed E-state index contributed by atoms with van der Waals surface area (Å²) in [4.78, 5) is 18.0. The van der Waals surface area contributed by atoms with Crippen LogP contribution in [0.15, 0.2) is 58.6 Å². The third-order valence-electron chi connectivity index (χ3n) is 4.11. The van der Waals surface area contributed by atoms with Crippen molar-refractivity contribution < 1.29 is 4.79 Å². The molecule has 1 N–H and O–H groups in total. The first kappa shape index (κ1) is 15.0. The summed E-state index contributed by atoms with van der Waals surface area (Å²) in [5.41, 5.74) is 8.01. The Morgan fingerprint density at radius 2 is 2.04 bits per heavy atom. The molecule has 2 aliphatic rings. The van der Waals surface area contributed by atoms with Gasteiger partial charge in [-0.1, -0.05) is 36.0 Å². The minimum atomic E-state index is 0.137. The fraction of sp³-hybridized carbons (Fsp3) is 0.167. The van der Waals surface area contributed by atoms with E-state index in [2.05, 4.69) is 21.6 Å². The maximum Gasteiger partial charge on any atom is 0.231 e. The van der Waals surface area contributed by atoms with Gasteiger partial charge in [0.05, 0.1) is 17.8 Å². The Hall–Kier alpha value is -2.60. The highest BCUT2D eigenvalue weighted by Gasteiger charge is 2.25. The van der Waals surface area contributed by atoms with E-state index in [4.69, 9.17) is 0 Å². The second kappa shape index (κ2) is 6.13. The lowest BCUT2D eigenvalue weighted by Crippen LogP contribution is -2.25. The Bertz CT molecular complexity index is 861. The second-order valence-electron chi connectivity index (χ2n) is 5.68. The predicted molar refractivity (Wildman–Crippen MR) is 99.2 cm³/mol. The third kappa shape index (κ3) is 2.80. The van der Waals surface area contributed by atoms with Crippen molar-refractivity contribution in [1.29, 1.82) is 0 Å². The van der Waals surface area contributed by atoms with Gasteiger partial charge in [0.2, 0.25) is 5.91 Å². The highest BCUT2D eigenvalue weighted by Crippen LogP contribution is 2.29. The van der Waals surface area contributed by atoms with Crippen molar-refractivity contribution in [2.45, 2.75) is 6.42 Å². The smallest absolute Gasteiger partial charge is 0.231 e. The highest BCUT2D eigenvalue weighted by molar-refractivity contribution is 8.14. The molecule has 0 spiro atoms. The monoisotopic (exact) mass is 336 g/mol. The van der Waals surface area contributed by atoms with Crippen LogP contribution in [0.5, 0.6) is 0 Å². The Morgan fingerprint density at radius 3 is 2.79 bits per heavy atom. The predicted octanol–water partition coefficient (Wildman–Crippen LogP) is 2.93. The summed E-state index contributed by atoms with van der Waals surface area (Å²) in [5, 5.41) is 5.25. The van der Waals surface area contributed by atoms with Gasteiger partial charge in [0, 0.05) is 18.5 Å². The number of nitrogens with zero attached hydrogens (tertiary/aromatic N) is 3. The van der Waals surface area contributed by atoms with Crippen molar-refractivity contribution in [3.8, 4) is 0 Å². The normalized spacial score (nSPS) is 18.4. The van der Waals surface area contributed by atoms with E-state index in [0.717, 1.165) is 39.1 Å². The van der Waals surface area contributed by atoms with Crippen LogP contribution in [-0.4, -0.2) is 29.6 Å². The molecule has 0 radical (unpaired) electrons. The fourth-order valence-corrected chi connectivity index (χ4v) is 3.58. The van der Waals surface area contributed by atoms with Gasteiger partial charge in [-0.15, -0.1) is 0 Å². The Kier molecular flexibility index (Phi) is 3.82. The van der Waals surface area contributed by atoms with E-state index in [1.807, 2.05) is 49.5 Å². The van der Waals surface area contributed by atoms with Crippen molar-refractivity contribution >= 4 is 39.9 Å². The molecule has 0 aliphatic carbocycles. The number of rotatable bonds is 2. The summed E-state index contributed by atoms with van der Waals surface area (Å²) in [7, 11) is 1.82. The lowest BCUT2D eigenvalue weighted by atomic mass is 10.1. The number of likely N-dealkylation sites (N-methyl/N-ethyl adjacent to an activating group) is 1. The minimum absolute atomic E-state index is 0.137. The van der Waals surface area contributed by atoms with Gasteiger partial charge in [-0.2, -0.15) is 5.10 Å². The first-order chi connectivity index (χ1) is 11.7. The summed E-state index contributed by atoms with van der Waals surface area (Å²) in [6.07, 6.45) is 0.467. The molecule has 4 rings (SSSR count). The number of carbonyl (C=O) groups excluding carboxylic acids is 1. The average molecular weight is 336 g/mol. The van der Waals surface area contributed by atoms with Crippen LogP contribution >= 0.6 is 11.8 Å². The van der Waals surface area contributed by atoms with Crippen molar-refractivity contribution in [2.24, 2.45) is 10.1 Å². The molecule has 2 heterocycles. The second-order valence-corrected chi connectivity index (χ2v) is 6.65. The largest absolute Gasteiger partial charge is 0.315 e. The summed E-state index contributed by atoms with van der Waals surface area (Å²) >= 11 is 1.63. The Labute approximate surface area is 144 Å². The quantitative estimate of drug-likeness (QED) is 0.917. The number of benzene rings is 2. The zero-order valence-electron chi connectivity index (χ0n) is 13.2. The van der Waals surface area contributed by atoms with Gasteiger partial charge in [-0.05, 0) is 35.4 Å². The maximum atomic E-state index is 11.8. The molecular weight excluding hydrogens is 320 g/mol. The number of anilines is 1. The minimum Gasteiger partial charge on any atom is -0.315 e. The number of amidine groups is 1. The maximum absolute atomic E-state index is 11.8. The topological polar surface area (TPSA) is 57.1 Å². The molecular formula is C18H16N4OS. The number of fused-ring (bicyclic) bond motifs is 1. The third-order valence-corrected chi connectivity index (χ3v) is 4.98. The van der Waals surface area contributed by atoms with E-state index in [9.17, 15) is 4.79 Å². The van der Waals surface area contributed by atoms with Crippen LogP contribution in [0.25, 0.3) is 0 Å². The summed E-state index contributed by atoms with van der Waals surface area (Å²) in [6, 6.07) is 15.9. The lowest BCUT2D eigenvalue weighted by Gasteiger charge is -2.16. The number of hydrogen-bond acceptors (Lipinski definition) is 4. The van der Waals surface area contributed by atoms with Gasteiger partial charge in [0.25, 0.3) is 0 Å². The SMILES string of the molecule is CN1C(=O)Cc2cc(C3=NNC(=Nc4ccccc4)SC3)ccc21. The zero-order valence-corrected chi connectivity index (χ0v) is 14.0. The van der Waals surface area contributed by atoms with E-state index < -0.39 is 0 Å². The van der Waals surface area contributed by atoms with E-state index in [-0.39, 0.29) is 5.91 Å². The molecule has 2 aromatic carbocycles. The van der Waals surface area contributed by atoms with Crippen LogP contribution in [0.2, 0.25) is 0 Å². The molecule has 0 aromatic heterocycles. The van der Waals surface area contributed by atoms with Crippen LogP contribution in [0.1, 0.15) is 11.1 Å². The van der Waals surface area contributed by atoms with E-state index >= 15 is 0 Å². The molecule has 2 aliphatic heterocycles. The number of nitrogens with one attached hydrogen (secondary N) is 1. The van der Waals surface area contributed by atoms with Crippen LogP contribution in [0.3, 0.4) is 0 Å². The number of aliphatic imine (C=N–C) groups is 1. The standard InChI is InChI=1S/C18H16N4OS/c1-22-16-8-7-12(9-13(16)10-17(22)23)15-11-24-18(21-20-15)19-14-5-3-2-4-6-14/h2-9H,10-11H2,1H3,(H,19,21). The molecule has 24 heavy (non-hydrogen) atoms. The molecule has 6 heteroatoms. The lowest BCUT2D eigenvalue weighted by molar-refractivity contribution is -0.117. The van der Waals surface area contributed by atoms with Gasteiger partial charge in [0.1, 0.15) is 0 Å². The molecule has 0 bridgehead atoms. The highest BCUT2D eigenvalue weighted by atomic mass is 32.2. The van der Waals surface area contributed by atoms with Gasteiger partial charge < -0.3 is 4.90 Å². The molecule has 0 fully saturated rings. The van der Waals surface area contributed by atoms with Crippen molar-refractivity contribution in [2.75, 3.05) is 17.7 Å². The number of hydrazone groups is 1. The van der Waals surface area contributed by atoms with Gasteiger partial charge in [-0.3, -0.25) is 10.2 Å². The van der Waals surface area contributed by atoms with Crippen LogP contribution in [0.4, 0.5) is 11.4 Å². The Morgan fingerprint density at radius 1 is 1.21 bits per heavy atom. The molecule has 2 aromatic rings. The van der Waals surface area contributed by atoms with Crippen molar-refractivity contribution in [1.82, 2.24) is 5.43 Å². The van der Waals surface area contributed by atoms with Crippen LogP contribution in [-0.2, 0) is 11.2 Å². The fourth-order valence-electron chi connectivity index (χ4n) is 2.79. The molecule has 120 valence electrons. The van der Waals surface area contributed by atoms with Gasteiger partial charge in [0.15, 0.2) is 5.17 Å². The number of para-hydroxylation sites is 1. The number of thioether (sulfide) groups is 1. The van der Waals surface area contributed by atoms with Crippen molar-refractivity contribution in [3.63, 3.8) is 0 Å². The summed E-state index contributed by atoms with van der Waals surface area (Å²) in [6.45, 7) is 0. The number of carbonyl (C=O) groups is 1. The van der Waals surface area contributed by atoms with Crippen LogP contribution in [0, 0.1) is 0 Å².